The molecule has 108 valence electrons. The van der Waals surface area contributed by atoms with Crippen LogP contribution in [0.4, 0.5) is 0 Å². The zero-order chi connectivity index (χ0) is 15.2. The summed E-state index contributed by atoms with van der Waals surface area (Å²) in [5, 5.41) is 3.53. The molecule has 0 saturated heterocycles. The van der Waals surface area contributed by atoms with Crippen molar-refractivity contribution in [1.82, 2.24) is 10.3 Å². The third-order valence-corrected chi connectivity index (χ3v) is 2.78. The lowest BCUT2D eigenvalue weighted by Crippen LogP contribution is -2.19. The number of carbonyl (C=O) groups excluding carboxylic acids is 2. The van der Waals surface area contributed by atoms with Crippen molar-refractivity contribution in [2.24, 2.45) is 0 Å². The molecule has 1 aromatic heterocycles. The van der Waals surface area contributed by atoms with Crippen molar-refractivity contribution in [1.29, 1.82) is 0 Å². The van der Waals surface area contributed by atoms with Crippen LogP contribution in [0.5, 0.6) is 0 Å². The second-order valence-corrected chi connectivity index (χ2v) is 4.42. The molecule has 0 spiro atoms. The molecule has 0 saturated carbocycles. The molecule has 0 unspecified atom stereocenters. The van der Waals surface area contributed by atoms with E-state index in [4.69, 9.17) is 4.74 Å². The predicted octanol–water partition coefficient (Wildman–Crippen LogP) is 1.83. The lowest BCUT2D eigenvalue weighted by Gasteiger charge is -1.96. The van der Waals surface area contributed by atoms with E-state index in [1.807, 2.05) is 18.2 Å². The summed E-state index contributed by atoms with van der Waals surface area (Å²) in [5.41, 5.74) is 2.06. The lowest BCUT2D eigenvalue weighted by molar-refractivity contribution is -0.118. The molecule has 0 aliphatic rings. The molecule has 0 radical (unpaired) electrons. The largest absolute Gasteiger partial charge is 0.461 e. The van der Waals surface area contributed by atoms with E-state index in [1.54, 1.807) is 13.0 Å². The number of amides is 1. The minimum Gasteiger partial charge on any atom is -0.461 e. The Bertz CT molecular complexity index is 735. The Balaban J connectivity index is 2.17. The minimum atomic E-state index is -0.369. The molecule has 1 heterocycles. The standard InChI is InChI=1S/C16H16N2O3/c1-3-21-16(20)15-10-13-7-6-12(9-14(13)18-15)5-4-8-17-11(2)19/h6-7,9-10,18H,3,8H2,1-2H3,(H,17,19). The molecular formula is C16H16N2O3. The van der Waals surface area contributed by atoms with E-state index < -0.39 is 0 Å². The van der Waals surface area contributed by atoms with Crippen LogP contribution in [-0.2, 0) is 9.53 Å². The van der Waals surface area contributed by atoms with Crippen molar-refractivity contribution in [3.8, 4) is 11.8 Å². The molecule has 0 aliphatic carbocycles. The van der Waals surface area contributed by atoms with Crippen molar-refractivity contribution in [3.05, 3.63) is 35.5 Å². The number of carbonyl (C=O) groups is 2. The van der Waals surface area contributed by atoms with Crippen molar-refractivity contribution in [2.75, 3.05) is 13.2 Å². The third-order valence-electron chi connectivity index (χ3n) is 2.78. The summed E-state index contributed by atoms with van der Waals surface area (Å²) >= 11 is 0. The molecule has 0 bridgehead atoms. The molecule has 5 nitrogen and oxygen atoms in total. The van der Waals surface area contributed by atoms with Crippen LogP contribution in [0.3, 0.4) is 0 Å². The van der Waals surface area contributed by atoms with Gasteiger partial charge in [-0.15, -0.1) is 0 Å². The van der Waals surface area contributed by atoms with Crippen LogP contribution in [0, 0.1) is 11.8 Å². The fourth-order valence-corrected chi connectivity index (χ4v) is 1.84. The Morgan fingerprint density at radius 1 is 1.33 bits per heavy atom. The Hall–Kier alpha value is -2.74. The van der Waals surface area contributed by atoms with E-state index >= 15 is 0 Å². The molecule has 0 atom stereocenters. The first-order valence-corrected chi connectivity index (χ1v) is 6.63. The van der Waals surface area contributed by atoms with E-state index in [1.165, 1.54) is 6.92 Å². The molecule has 2 aromatic rings. The van der Waals surface area contributed by atoms with Crippen molar-refractivity contribution >= 4 is 22.8 Å². The van der Waals surface area contributed by atoms with E-state index in [2.05, 4.69) is 22.1 Å². The zero-order valence-corrected chi connectivity index (χ0v) is 11.9. The molecular weight excluding hydrogens is 268 g/mol. The van der Waals surface area contributed by atoms with Gasteiger partial charge < -0.3 is 15.0 Å². The number of fused-ring (bicyclic) bond motifs is 1. The van der Waals surface area contributed by atoms with Crippen LogP contribution in [0.15, 0.2) is 24.3 Å². The van der Waals surface area contributed by atoms with Gasteiger partial charge >= 0.3 is 5.97 Å². The molecule has 2 N–H and O–H groups in total. The maximum absolute atomic E-state index is 11.7. The van der Waals surface area contributed by atoms with E-state index in [0.29, 0.717) is 18.8 Å². The van der Waals surface area contributed by atoms with Gasteiger partial charge in [-0.2, -0.15) is 0 Å². The maximum atomic E-state index is 11.7. The van der Waals surface area contributed by atoms with Crippen LogP contribution < -0.4 is 5.32 Å². The van der Waals surface area contributed by atoms with Gasteiger partial charge in [-0.1, -0.05) is 17.9 Å². The third kappa shape index (κ3) is 3.86. The number of ether oxygens (including phenoxy) is 1. The van der Waals surface area contributed by atoms with Crippen LogP contribution in [0.2, 0.25) is 0 Å². The number of nitrogens with one attached hydrogen (secondary N) is 2. The fraction of sp³-hybridized carbons (Fsp3) is 0.250. The predicted molar refractivity (Wildman–Crippen MR) is 79.8 cm³/mol. The van der Waals surface area contributed by atoms with Crippen molar-refractivity contribution < 1.29 is 14.3 Å². The second kappa shape index (κ2) is 6.62. The van der Waals surface area contributed by atoms with Crippen molar-refractivity contribution in [2.45, 2.75) is 13.8 Å². The van der Waals surface area contributed by atoms with Gasteiger partial charge in [-0.25, -0.2) is 4.79 Å². The summed E-state index contributed by atoms with van der Waals surface area (Å²) in [6, 6.07) is 7.36. The van der Waals surface area contributed by atoms with Gasteiger partial charge in [0, 0.05) is 23.4 Å². The van der Waals surface area contributed by atoms with E-state index in [-0.39, 0.29) is 11.9 Å². The summed E-state index contributed by atoms with van der Waals surface area (Å²) in [5.74, 6) is 5.34. The maximum Gasteiger partial charge on any atom is 0.354 e. The van der Waals surface area contributed by atoms with E-state index in [9.17, 15) is 9.59 Å². The number of hydrogen-bond donors (Lipinski definition) is 2. The molecule has 21 heavy (non-hydrogen) atoms. The Morgan fingerprint density at radius 3 is 2.86 bits per heavy atom. The number of rotatable bonds is 3. The zero-order valence-electron chi connectivity index (χ0n) is 11.9. The highest BCUT2D eigenvalue weighted by Gasteiger charge is 2.09. The van der Waals surface area contributed by atoms with Gasteiger partial charge in [0.2, 0.25) is 5.91 Å². The Kier molecular flexibility index (Phi) is 4.62. The molecule has 5 heteroatoms. The number of H-pyrrole nitrogens is 1. The highest BCUT2D eigenvalue weighted by Crippen LogP contribution is 2.17. The minimum absolute atomic E-state index is 0.108. The van der Waals surface area contributed by atoms with Crippen molar-refractivity contribution in [3.63, 3.8) is 0 Å². The van der Waals surface area contributed by atoms with Crippen LogP contribution >= 0.6 is 0 Å². The summed E-state index contributed by atoms with van der Waals surface area (Å²) < 4.78 is 4.95. The van der Waals surface area contributed by atoms with Gasteiger partial charge in [0.25, 0.3) is 0 Å². The Labute approximate surface area is 122 Å². The molecule has 1 amide bonds. The first-order valence-electron chi connectivity index (χ1n) is 6.63. The van der Waals surface area contributed by atoms with Gasteiger partial charge in [-0.05, 0) is 25.1 Å². The van der Waals surface area contributed by atoms with E-state index in [0.717, 1.165) is 16.5 Å². The van der Waals surface area contributed by atoms with Crippen LogP contribution in [-0.4, -0.2) is 30.0 Å². The summed E-state index contributed by atoms with van der Waals surface area (Å²) in [6.45, 7) is 3.87. The summed E-state index contributed by atoms with van der Waals surface area (Å²) in [6.07, 6.45) is 0. The Morgan fingerprint density at radius 2 is 2.14 bits per heavy atom. The van der Waals surface area contributed by atoms with Crippen LogP contribution in [0.1, 0.15) is 29.9 Å². The number of aromatic nitrogens is 1. The topological polar surface area (TPSA) is 71.2 Å². The summed E-state index contributed by atoms with van der Waals surface area (Å²) in [7, 11) is 0. The molecule has 1 aromatic carbocycles. The van der Waals surface area contributed by atoms with Gasteiger partial charge in [0.1, 0.15) is 5.69 Å². The fourth-order valence-electron chi connectivity index (χ4n) is 1.84. The summed E-state index contributed by atoms with van der Waals surface area (Å²) in [4.78, 5) is 25.4. The number of benzene rings is 1. The average molecular weight is 284 g/mol. The number of aromatic amines is 1. The average Bonchev–Trinajstić information content (AvgIpc) is 2.87. The second-order valence-electron chi connectivity index (χ2n) is 4.42. The smallest absolute Gasteiger partial charge is 0.354 e. The number of hydrogen-bond acceptors (Lipinski definition) is 3. The highest BCUT2D eigenvalue weighted by molar-refractivity contribution is 5.95. The quantitative estimate of drug-likeness (QED) is 0.667. The molecule has 2 rings (SSSR count). The molecule has 0 aliphatic heterocycles. The first-order chi connectivity index (χ1) is 10.1. The first kappa shape index (κ1) is 14.7. The van der Waals surface area contributed by atoms with Gasteiger partial charge in [0.15, 0.2) is 0 Å². The molecule has 0 fully saturated rings. The lowest BCUT2D eigenvalue weighted by atomic mass is 10.1. The highest BCUT2D eigenvalue weighted by atomic mass is 16.5. The van der Waals surface area contributed by atoms with Gasteiger partial charge in [-0.3, -0.25) is 4.79 Å². The van der Waals surface area contributed by atoms with Crippen LogP contribution in [0.25, 0.3) is 10.9 Å². The number of esters is 1. The normalized spacial score (nSPS) is 9.81. The SMILES string of the molecule is CCOC(=O)c1cc2ccc(C#CCNC(C)=O)cc2[nH]1. The van der Waals surface area contributed by atoms with Gasteiger partial charge in [0.05, 0.1) is 13.2 Å². The monoisotopic (exact) mass is 284 g/mol.